The van der Waals surface area contributed by atoms with E-state index in [-0.39, 0.29) is 5.56 Å². The Morgan fingerprint density at radius 2 is 2.10 bits per heavy atom. The van der Waals surface area contributed by atoms with Gasteiger partial charge in [-0.25, -0.2) is 14.2 Å². The molecule has 1 aromatic heterocycles. The maximum Gasteiger partial charge on any atom is 0.340 e. The normalized spacial score (nSPS) is 10.0. The summed E-state index contributed by atoms with van der Waals surface area (Å²) in [7, 11) is 2.80. The smallest absolute Gasteiger partial charge is 0.340 e. The van der Waals surface area contributed by atoms with Crippen molar-refractivity contribution in [3.63, 3.8) is 0 Å². The molecule has 21 heavy (non-hydrogen) atoms. The molecule has 0 amide bonds. The summed E-state index contributed by atoms with van der Waals surface area (Å²) in [6.45, 7) is 0.437. The van der Waals surface area contributed by atoms with Gasteiger partial charge in [0.1, 0.15) is 5.82 Å². The van der Waals surface area contributed by atoms with Gasteiger partial charge in [0, 0.05) is 24.5 Å². The van der Waals surface area contributed by atoms with Crippen LogP contribution in [0.5, 0.6) is 5.88 Å². The first-order chi connectivity index (χ1) is 10.1. The molecule has 0 saturated heterocycles. The summed E-state index contributed by atoms with van der Waals surface area (Å²) >= 11 is 0. The molecule has 2 aromatic rings. The molecule has 5 nitrogen and oxygen atoms in total. The molecule has 0 atom stereocenters. The number of nitrogens with one attached hydrogen (secondary N) is 1. The third-order valence-electron chi connectivity index (χ3n) is 2.88. The van der Waals surface area contributed by atoms with Gasteiger partial charge in [-0.2, -0.15) is 0 Å². The number of hydrogen-bond acceptors (Lipinski definition) is 5. The summed E-state index contributed by atoms with van der Waals surface area (Å²) in [6.07, 6.45) is 1.66. The minimum Gasteiger partial charge on any atom is -0.481 e. The molecule has 0 aliphatic carbocycles. The largest absolute Gasteiger partial charge is 0.481 e. The Kier molecular flexibility index (Phi) is 4.71. The number of halogens is 1. The number of esters is 1. The van der Waals surface area contributed by atoms with Crippen LogP contribution < -0.4 is 10.1 Å². The molecule has 6 heteroatoms. The van der Waals surface area contributed by atoms with Crippen molar-refractivity contribution in [1.82, 2.24) is 4.98 Å². The van der Waals surface area contributed by atoms with Crippen molar-refractivity contribution in [3.05, 3.63) is 53.5 Å². The maximum atomic E-state index is 13.2. The van der Waals surface area contributed by atoms with Gasteiger partial charge in [0.05, 0.1) is 19.8 Å². The summed E-state index contributed by atoms with van der Waals surface area (Å²) in [4.78, 5) is 15.7. The lowest BCUT2D eigenvalue weighted by atomic mass is 10.1. The summed E-state index contributed by atoms with van der Waals surface area (Å²) in [5.41, 5.74) is 1.55. The van der Waals surface area contributed by atoms with Gasteiger partial charge < -0.3 is 14.8 Å². The van der Waals surface area contributed by atoms with Gasteiger partial charge in [0.15, 0.2) is 0 Å². The van der Waals surface area contributed by atoms with Gasteiger partial charge in [0.25, 0.3) is 0 Å². The monoisotopic (exact) mass is 290 g/mol. The van der Waals surface area contributed by atoms with Crippen LogP contribution in [0.15, 0.2) is 36.5 Å². The molecule has 0 saturated carbocycles. The average Bonchev–Trinajstić information content (AvgIpc) is 2.53. The highest BCUT2D eigenvalue weighted by Gasteiger charge is 2.12. The highest BCUT2D eigenvalue weighted by atomic mass is 19.1. The predicted molar refractivity (Wildman–Crippen MR) is 75.9 cm³/mol. The first-order valence-electron chi connectivity index (χ1n) is 6.24. The highest BCUT2D eigenvalue weighted by molar-refractivity contribution is 5.95. The van der Waals surface area contributed by atoms with E-state index in [1.165, 1.54) is 19.2 Å². The van der Waals surface area contributed by atoms with Gasteiger partial charge in [0.2, 0.25) is 5.88 Å². The average molecular weight is 290 g/mol. The molecule has 0 spiro atoms. The molecule has 0 bridgehead atoms. The van der Waals surface area contributed by atoms with Crippen molar-refractivity contribution in [2.75, 3.05) is 19.5 Å². The molecule has 0 aliphatic rings. The van der Waals surface area contributed by atoms with E-state index in [1.807, 2.05) is 6.07 Å². The SMILES string of the molecule is COC(=O)c1cc(F)ccc1NCc1ccc(OC)nc1. The zero-order chi connectivity index (χ0) is 15.2. The van der Waals surface area contributed by atoms with E-state index in [1.54, 1.807) is 19.4 Å². The fourth-order valence-electron chi connectivity index (χ4n) is 1.78. The number of hydrogen-bond donors (Lipinski definition) is 1. The third kappa shape index (κ3) is 3.68. The topological polar surface area (TPSA) is 60.5 Å². The van der Waals surface area contributed by atoms with Crippen molar-refractivity contribution in [3.8, 4) is 5.88 Å². The summed E-state index contributed by atoms with van der Waals surface area (Å²) in [6, 6.07) is 7.50. The first kappa shape index (κ1) is 14.8. The molecule has 0 unspecified atom stereocenters. The number of ether oxygens (including phenoxy) is 2. The lowest BCUT2D eigenvalue weighted by Crippen LogP contribution is -2.09. The van der Waals surface area contributed by atoms with Crippen LogP contribution in [0.3, 0.4) is 0 Å². The Hall–Kier alpha value is -2.63. The number of pyridine rings is 1. The third-order valence-corrected chi connectivity index (χ3v) is 2.88. The van der Waals surface area contributed by atoms with E-state index in [9.17, 15) is 9.18 Å². The summed E-state index contributed by atoms with van der Waals surface area (Å²) < 4.78 is 22.8. The van der Waals surface area contributed by atoms with Crippen LogP contribution in [0.1, 0.15) is 15.9 Å². The number of anilines is 1. The van der Waals surface area contributed by atoms with Crippen molar-refractivity contribution in [2.24, 2.45) is 0 Å². The van der Waals surface area contributed by atoms with Crippen molar-refractivity contribution >= 4 is 11.7 Å². The second-order valence-electron chi connectivity index (χ2n) is 4.24. The molecule has 1 heterocycles. The molecule has 2 rings (SSSR count). The van der Waals surface area contributed by atoms with Crippen LogP contribution >= 0.6 is 0 Å². The molecule has 0 radical (unpaired) electrons. The Labute approximate surface area is 121 Å². The maximum absolute atomic E-state index is 13.2. The summed E-state index contributed by atoms with van der Waals surface area (Å²) in [5, 5.41) is 3.06. The Morgan fingerprint density at radius 1 is 1.29 bits per heavy atom. The van der Waals surface area contributed by atoms with Gasteiger partial charge >= 0.3 is 5.97 Å². The van der Waals surface area contributed by atoms with Crippen LogP contribution in [-0.2, 0) is 11.3 Å². The van der Waals surface area contributed by atoms with Crippen LogP contribution in [0.25, 0.3) is 0 Å². The number of carbonyl (C=O) groups excluding carboxylic acids is 1. The molecule has 1 N–H and O–H groups in total. The minimum atomic E-state index is -0.593. The van der Waals surface area contributed by atoms with Gasteiger partial charge in [-0.05, 0) is 23.8 Å². The van der Waals surface area contributed by atoms with Crippen LogP contribution in [0, 0.1) is 5.82 Å². The van der Waals surface area contributed by atoms with E-state index < -0.39 is 11.8 Å². The lowest BCUT2D eigenvalue weighted by Gasteiger charge is -2.11. The Balaban J connectivity index is 2.13. The van der Waals surface area contributed by atoms with E-state index in [2.05, 4.69) is 15.0 Å². The number of nitrogens with zero attached hydrogens (tertiary/aromatic N) is 1. The van der Waals surface area contributed by atoms with E-state index in [4.69, 9.17) is 4.74 Å². The quantitative estimate of drug-likeness (QED) is 0.858. The first-order valence-corrected chi connectivity index (χ1v) is 6.24. The minimum absolute atomic E-state index is 0.152. The van der Waals surface area contributed by atoms with Crippen LogP contribution in [0.2, 0.25) is 0 Å². The number of carbonyl (C=O) groups is 1. The van der Waals surface area contributed by atoms with Crippen molar-refractivity contribution in [1.29, 1.82) is 0 Å². The zero-order valence-electron chi connectivity index (χ0n) is 11.7. The fraction of sp³-hybridized carbons (Fsp3) is 0.200. The Morgan fingerprint density at radius 3 is 2.71 bits per heavy atom. The molecule has 0 fully saturated rings. The summed E-state index contributed by atoms with van der Waals surface area (Å²) in [5.74, 6) is -0.562. The molecular formula is C15H15FN2O3. The number of benzene rings is 1. The van der Waals surface area contributed by atoms with E-state index >= 15 is 0 Å². The molecule has 110 valence electrons. The van der Waals surface area contributed by atoms with Gasteiger partial charge in [-0.3, -0.25) is 0 Å². The van der Waals surface area contributed by atoms with E-state index in [0.717, 1.165) is 11.6 Å². The number of aromatic nitrogens is 1. The van der Waals surface area contributed by atoms with Crippen molar-refractivity contribution in [2.45, 2.75) is 6.54 Å². The highest BCUT2D eigenvalue weighted by Crippen LogP contribution is 2.19. The van der Waals surface area contributed by atoms with E-state index in [0.29, 0.717) is 18.1 Å². The van der Waals surface area contributed by atoms with Crippen molar-refractivity contribution < 1.29 is 18.7 Å². The second kappa shape index (κ2) is 6.69. The number of methoxy groups -OCH3 is 2. The predicted octanol–water partition coefficient (Wildman–Crippen LogP) is 2.63. The standard InChI is InChI=1S/C15H15FN2O3/c1-20-14-6-3-10(9-18-14)8-17-13-5-4-11(16)7-12(13)15(19)21-2/h3-7,9,17H,8H2,1-2H3. The van der Waals surface area contributed by atoms with Crippen LogP contribution in [0.4, 0.5) is 10.1 Å². The molecule has 0 aliphatic heterocycles. The Bertz CT molecular complexity index is 629. The molecule has 1 aromatic carbocycles. The lowest BCUT2D eigenvalue weighted by molar-refractivity contribution is 0.0601. The fourth-order valence-corrected chi connectivity index (χ4v) is 1.78. The zero-order valence-corrected chi connectivity index (χ0v) is 11.7. The van der Waals surface area contributed by atoms with Gasteiger partial charge in [-0.1, -0.05) is 6.07 Å². The molecular weight excluding hydrogens is 275 g/mol. The van der Waals surface area contributed by atoms with Crippen LogP contribution in [-0.4, -0.2) is 25.2 Å². The van der Waals surface area contributed by atoms with Gasteiger partial charge in [-0.15, -0.1) is 0 Å². The second-order valence-corrected chi connectivity index (χ2v) is 4.24. The number of rotatable bonds is 5.